The average molecular weight is 400 g/mol. The number of carbonyl (C=O) groups is 1. The Labute approximate surface area is 174 Å². The summed E-state index contributed by atoms with van der Waals surface area (Å²) in [5.74, 6) is 0. The zero-order chi connectivity index (χ0) is 21.3. The Balaban J connectivity index is 0.00000106. The van der Waals surface area contributed by atoms with Crippen LogP contribution in [-0.2, 0) is 12.8 Å². The summed E-state index contributed by atoms with van der Waals surface area (Å²) in [6, 6.07) is 11.7. The number of hydrogen-bond donors (Lipinski definition) is 4. The van der Waals surface area contributed by atoms with E-state index in [1.165, 1.54) is 17.3 Å². The Morgan fingerprint density at radius 2 is 1.87 bits per heavy atom. The first kappa shape index (κ1) is 19.8. The molecule has 5 rings (SSSR count). The molecule has 0 atom stereocenters. The third-order valence-electron chi connectivity index (χ3n) is 5.73. The zero-order valence-corrected chi connectivity index (χ0v) is 16.8. The van der Waals surface area contributed by atoms with E-state index < -0.39 is 0 Å². The molecule has 1 aliphatic carbocycles. The minimum absolute atomic E-state index is 0.588. The first-order valence-corrected chi connectivity index (χ1v) is 9.97. The van der Waals surface area contributed by atoms with Crippen LogP contribution in [0.3, 0.4) is 0 Å². The maximum Gasteiger partial charge on any atom is 0.166 e. The van der Waals surface area contributed by atoms with Gasteiger partial charge >= 0.3 is 0 Å². The van der Waals surface area contributed by atoms with Crippen molar-refractivity contribution in [2.75, 3.05) is 12.8 Å². The molecule has 0 spiro atoms. The minimum atomic E-state index is 0.588. The SMILES string of the molecule is CO.N=Cc1cc(-c2nc3ccc4[nH]c(C=O)cc4c3c3c2CCCC3)ccc1N. The number of anilines is 1. The van der Waals surface area contributed by atoms with E-state index >= 15 is 0 Å². The summed E-state index contributed by atoms with van der Waals surface area (Å²) in [7, 11) is 1.00. The molecule has 0 fully saturated rings. The van der Waals surface area contributed by atoms with Crippen LogP contribution < -0.4 is 5.73 Å². The van der Waals surface area contributed by atoms with Crippen molar-refractivity contribution >= 4 is 40.0 Å². The van der Waals surface area contributed by atoms with Gasteiger partial charge < -0.3 is 21.2 Å². The molecule has 152 valence electrons. The van der Waals surface area contributed by atoms with Crippen molar-refractivity contribution in [3.63, 3.8) is 0 Å². The fourth-order valence-electron chi connectivity index (χ4n) is 4.40. The van der Waals surface area contributed by atoms with Crippen molar-refractivity contribution in [2.24, 2.45) is 0 Å². The number of aryl methyl sites for hydroxylation is 1. The Bertz CT molecular complexity index is 1270. The summed E-state index contributed by atoms with van der Waals surface area (Å²) in [6.45, 7) is 0. The van der Waals surface area contributed by atoms with Crippen LogP contribution in [0, 0.1) is 5.41 Å². The normalized spacial score (nSPS) is 12.9. The van der Waals surface area contributed by atoms with E-state index in [9.17, 15) is 4.79 Å². The largest absolute Gasteiger partial charge is 0.400 e. The number of rotatable bonds is 3. The van der Waals surface area contributed by atoms with Crippen molar-refractivity contribution in [3.05, 3.63) is 58.8 Å². The number of aromatic amines is 1. The highest BCUT2D eigenvalue weighted by atomic mass is 16.2. The molecule has 30 heavy (non-hydrogen) atoms. The average Bonchev–Trinajstić information content (AvgIpc) is 3.23. The van der Waals surface area contributed by atoms with E-state index in [-0.39, 0.29) is 0 Å². The summed E-state index contributed by atoms with van der Waals surface area (Å²) in [5, 5.41) is 16.8. The maximum atomic E-state index is 11.3. The number of nitrogens with zero attached hydrogens (tertiary/aromatic N) is 1. The first-order chi connectivity index (χ1) is 14.7. The first-order valence-electron chi connectivity index (χ1n) is 9.97. The number of aliphatic hydroxyl groups is 1. The summed E-state index contributed by atoms with van der Waals surface area (Å²) in [6.07, 6.45) is 6.43. The molecule has 4 aromatic rings. The molecule has 2 aromatic heterocycles. The van der Waals surface area contributed by atoms with E-state index in [1.807, 2.05) is 36.4 Å². The van der Waals surface area contributed by atoms with Gasteiger partial charge in [0.15, 0.2) is 6.29 Å². The fourth-order valence-corrected chi connectivity index (χ4v) is 4.40. The molecule has 6 heteroatoms. The van der Waals surface area contributed by atoms with Gasteiger partial charge in [-0.3, -0.25) is 4.79 Å². The van der Waals surface area contributed by atoms with E-state index in [4.69, 9.17) is 21.2 Å². The van der Waals surface area contributed by atoms with Crippen LogP contribution in [0.15, 0.2) is 36.4 Å². The number of aromatic nitrogens is 2. The van der Waals surface area contributed by atoms with Crippen LogP contribution in [0.2, 0.25) is 0 Å². The van der Waals surface area contributed by atoms with Crippen LogP contribution in [0.25, 0.3) is 33.1 Å². The topological polar surface area (TPSA) is 116 Å². The highest BCUT2D eigenvalue weighted by Gasteiger charge is 2.21. The third kappa shape index (κ3) is 3.15. The van der Waals surface area contributed by atoms with Gasteiger partial charge in [0, 0.05) is 46.4 Å². The lowest BCUT2D eigenvalue weighted by Gasteiger charge is -2.22. The summed E-state index contributed by atoms with van der Waals surface area (Å²) >= 11 is 0. The van der Waals surface area contributed by atoms with Crippen LogP contribution in [-0.4, -0.2) is 34.7 Å². The smallest absolute Gasteiger partial charge is 0.166 e. The van der Waals surface area contributed by atoms with Crippen LogP contribution in [0.4, 0.5) is 5.69 Å². The predicted octanol–water partition coefficient (Wildman–Crippen LogP) is 4.26. The number of nitrogens with one attached hydrogen (secondary N) is 2. The highest BCUT2D eigenvalue weighted by Crippen LogP contribution is 2.38. The van der Waals surface area contributed by atoms with Crippen molar-refractivity contribution in [3.8, 4) is 11.3 Å². The van der Waals surface area contributed by atoms with Gasteiger partial charge in [0.25, 0.3) is 0 Å². The van der Waals surface area contributed by atoms with E-state index in [0.29, 0.717) is 16.9 Å². The number of nitrogen functional groups attached to an aromatic ring is 1. The lowest BCUT2D eigenvalue weighted by Crippen LogP contribution is -2.08. The van der Waals surface area contributed by atoms with Gasteiger partial charge in [0.1, 0.15) is 0 Å². The van der Waals surface area contributed by atoms with E-state index in [0.717, 1.165) is 72.1 Å². The van der Waals surface area contributed by atoms with Gasteiger partial charge in [-0.05, 0) is 67.1 Å². The van der Waals surface area contributed by atoms with Gasteiger partial charge in [-0.1, -0.05) is 6.07 Å². The number of carbonyl (C=O) groups excluding carboxylic acids is 1. The number of hydrogen-bond acceptors (Lipinski definition) is 5. The van der Waals surface area contributed by atoms with Crippen LogP contribution in [0.1, 0.15) is 40.0 Å². The van der Waals surface area contributed by atoms with Crippen LogP contribution in [0.5, 0.6) is 0 Å². The highest BCUT2D eigenvalue weighted by molar-refractivity contribution is 6.09. The molecule has 0 radical (unpaired) electrons. The Morgan fingerprint density at radius 3 is 2.60 bits per heavy atom. The predicted molar refractivity (Wildman–Crippen MR) is 122 cm³/mol. The Kier molecular flexibility index (Phi) is 5.33. The molecule has 0 amide bonds. The Morgan fingerprint density at radius 1 is 1.10 bits per heavy atom. The molecule has 0 aliphatic heterocycles. The molecule has 0 saturated heterocycles. The molecule has 0 saturated carbocycles. The van der Waals surface area contributed by atoms with Crippen molar-refractivity contribution in [2.45, 2.75) is 25.7 Å². The second-order valence-corrected chi connectivity index (χ2v) is 7.38. The quantitative estimate of drug-likeness (QED) is 0.233. The van der Waals surface area contributed by atoms with E-state index in [2.05, 4.69) is 4.98 Å². The number of aldehydes is 1. The molecular formula is C24H24N4O2. The second-order valence-electron chi connectivity index (χ2n) is 7.38. The molecule has 1 aliphatic rings. The molecule has 2 aromatic carbocycles. The second kappa shape index (κ2) is 8.08. The number of aliphatic hydroxyl groups excluding tert-OH is 1. The summed E-state index contributed by atoms with van der Waals surface area (Å²) in [5.41, 5.74) is 14.4. The lowest BCUT2D eigenvalue weighted by atomic mass is 9.85. The monoisotopic (exact) mass is 400 g/mol. The third-order valence-corrected chi connectivity index (χ3v) is 5.73. The minimum Gasteiger partial charge on any atom is -0.400 e. The molecule has 6 nitrogen and oxygen atoms in total. The molecule has 5 N–H and O–H groups in total. The lowest BCUT2D eigenvalue weighted by molar-refractivity contribution is 0.112. The number of pyridine rings is 1. The van der Waals surface area contributed by atoms with Crippen molar-refractivity contribution < 1.29 is 9.90 Å². The van der Waals surface area contributed by atoms with Crippen molar-refractivity contribution in [1.29, 1.82) is 5.41 Å². The van der Waals surface area contributed by atoms with Crippen LogP contribution >= 0.6 is 0 Å². The number of benzene rings is 2. The maximum absolute atomic E-state index is 11.3. The van der Waals surface area contributed by atoms with Crippen molar-refractivity contribution in [1.82, 2.24) is 9.97 Å². The summed E-state index contributed by atoms with van der Waals surface area (Å²) in [4.78, 5) is 19.5. The van der Waals surface area contributed by atoms with E-state index in [1.54, 1.807) is 0 Å². The number of fused-ring (bicyclic) bond motifs is 5. The molecule has 0 bridgehead atoms. The fraction of sp³-hybridized carbons (Fsp3) is 0.208. The zero-order valence-electron chi connectivity index (χ0n) is 16.8. The van der Waals surface area contributed by atoms with Gasteiger partial charge in [-0.2, -0.15) is 0 Å². The molecule has 2 heterocycles. The summed E-state index contributed by atoms with van der Waals surface area (Å²) < 4.78 is 0. The standard InChI is InChI=1S/C23H20N4O.CH4O/c24-11-14-9-13(5-6-19(14)25)23-17-4-2-1-3-16(17)22-18-10-15(12-28)26-20(18)7-8-21(22)27-23;1-2/h5-12,24,26H,1-4,25H2;2H,1H3. The van der Waals surface area contributed by atoms with Gasteiger partial charge in [0.2, 0.25) is 0 Å². The number of nitrogens with two attached hydrogens (primary N) is 1. The van der Waals surface area contributed by atoms with Gasteiger partial charge in [0.05, 0.1) is 16.9 Å². The molecule has 0 unspecified atom stereocenters. The van der Waals surface area contributed by atoms with Gasteiger partial charge in [-0.25, -0.2) is 4.98 Å². The molecular weight excluding hydrogens is 376 g/mol. The Hall–Kier alpha value is -3.51. The number of H-pyrrole nitrogens is 1. The van der Waals surface area contributed by atoms with Gasteiger partial charge in [-0.15, -0.1) is 0 Å².